The van der Waals surface area contributed by atoms with Crippen LogP contribution in [-0.2, 0) is 0 Å². The van der Waals surface area contributed by atoms with Crippen molar-refractivity contribution in [3.63, 3.8) is 0 Å². The predicted octanol–water partition coefficient (Wildman–Crippen LogP) is 3.14. The van der Waals surface area contributed by atoms with E-state index in [2.05, 4.69) is 4.99 Å². The molecule has 5 heteroatoms. The molecule has 0 aliphatic rings. The molecular formula is C16H16N2O3. The van der Waals surface area contributed by atoms with E-state index in [0.29, 0.717) is 0 Å². The molecule has 108 valence electrons. The van der Waals surface area contributed by atoms with Crippen molar-refractivity contribution >= 4 is 11.9 Å². The van der Waals surface area contributed by atoms with Gasteiger partial charge in [-0.25, -0.2) is 0 Å². The van der Waals surface area contributed by atoms with Gasteiger partial charge < -0.3 is 5.11 Å². The maximum atomic E-state index is 10.6. The number of hydrogen-bond acceptors (Lipinski definition) is 4. The van der Waals surface area contributed by atoms with Gasteiger partial charge in [0, 0.05) is 18.3 Å². The van der Waals surface area contributed by atoms with Gasteiger partial charge in [-0.2, -0.15) is 0 Å². The Balaban J connectivity index is 2.04. The van der Waals surface area contributed by atoms with Crippen molar-refractivity contribution in [3.8, 4) is 0 Å². The van der Waals surface area contributed by atoms with Crippen molar-refractivity contribution in [2.45, 2.75) is 19.1 Å². The number of aliphatic hydroxyl groups excluding tert-OH is 1. The summed E-state index contributed by atoms with van der Waals surface area (Å²) in [5.41, 5.74) is 1.61. The summed E-state index contributed by atoms with van der Waals surface area (Å²) < 4.78 is 0. The van der Waals surface area contributed by atoms with Crippen LogP contribution in [-0.4, -0.2) is 22.3 Å². The molecule has 5 nitrogen and oxygen atoms in total. The Morgan fingerprint density at radius 3 is 2.33 bits per heavy atom. The zero-order valence-electron chi connectivity index (χ0n) is 11.6. The second kappa shape index (κ2) is 6.76. The number of nitrogens with zero attached hydrogens (tertiary/aromatic N) is 2. The molecule has 2 aromatic rings. The molecule has 0 aromatic heterocycles. The first-order chi connectivity index (χ1) is 10.1. The van der Waals surface area contributed by atoms with E-state index in [-0.39, 0.29) is 11.7 Å². The Bertz CT molecular complexity index is 624. The number of aliphatic hydroxyl groups is 1. The molecule has 0 saturated carbocycles. The maximum Gasteiger partial charge on any atom is 0.269 e. The fourth-order valence-electron chi connectivity index (χ4n) is 1.90. The highest BCUT2D eigenvalue weighted by Gasteiger charge is 2.14. The lowest BCUT2D eigenvalue weighted by Crippen LogP contribution is -2.12. The van der Waals surface area contributed by atoms with Crippen molar-refractivity contribution < 1.29 is 10.0 Å². The third kappa shape index (κ3) is 3.97. The highest BCUT2D eigenvalue weighted by molar-refractivity contribution is 5.80. The Hall–Kier alpha value is -2.53. The van der Waals surface area contributed by atoms with Crippen molar-refractivity contribution in [2.24, 2.45) is 4.99 Å². The number of rotatable bonds is 5. The van der Waals surface area contributed by atoms with Gasteiger partial charge in [0.15, 0.2) is 0 Å². The summed E-state index contributed by atoms with van der Waals surface area (Å²) in [4.78, 5) is 14.4. The molecule has 0 aliphatic carbocycles. The third-order valence-corrected chi connectivity index (χ3v) is 3.16. The number of hydrogen-bond donors (Lipinski definition) is 1. The molecule has 0 spiro atoms. The monoisotopic (exact) mass is 284 g/mol. The van der Waals surface area contributed by atoms with Crippen molar-refractivity contribution in [2.75, 3.05) is 0 Å². The van der Waals surface area contributed by atoms with Crippen molar-refractivity contribution in [1.29, 1.82) is 0 Å². The minimum Gasteiger partial charge on any atom is -0.386 e. The van der Waals surface area contributed by atoms with Crippen molar-refractivity contribution in [3.05, 3.63) is 75.8 Å². The van der Waals surface area contributed by atoms with E-state index < -0.39 is 11.0 Å². The first-order valence-corrected chi connectivity index (χ1v) is 6.58. The van der Waals surface area contributed by atoms with Crippen LogP contribution in [0.3, 0.4) is 0 Å². The molecule has 1 N–H and O–H groups in total. The fourth-order valence-corrected chi connectivity index (χ4v) is 1.90. The molecular weight excluding hydrogens is 268 g/mol. The van der Waals surface area contributed by atoms with Gasteiger partial charge in [0.2, 0.25) is 0 Å². The quantitative estimate of drug-likeness (QED) is 0.520. The van der Waals surface area contributed by atoms with E-state index in [9.17, 15) is 15.2 Å². The topological polar surface area (TPSA) is 75.7 Å². The molecule has 2 aromatic carbocycles. The number of non-ortho nitro benzene ring substituents is 1. The molecule has 0 saturated heterocycles. The molecule has 2 rings (SSSR count). The fraction of sp³-hybridized carbons (Fsp3) is 0.188. The van der Waals surface area contributed by atoms with Crippen LogP contribution < -0.4 is 0 Å². The average molecular weight is 284 g/mol. The summed E-state index contributed by atoms with van der Waals surface area (Å²) in [6.07, 6.45) is 0.932. The molecule has 0 unspecified atom stereocenters. The van der Waals surface area contributed by atoms with Crippen LogP contribution in [0.25, 0.3) is 0 Å². The summed E-state index contributed by atoms with van der Waals surface area (Å²) in [7, 11) is 0. The lowest BCUT2D eigenvalue weighted by Gasteiger charge is -2.15. The summed E-state index contributed by atoms with van der Waals surface area (Å²) in [5.74, 6) is 0. The smallest absolute Gasteiger partial charge is 0.269 e. The Morgan fingerprint density at radius 2 is 1.76 bits per heavy atom. The van der Waals surface area contributed by atoms with Gasteiger partial charge in [0.05, 0.1) is 11.0 Å². The number of benzene rings is 2. The minimum atomic E-state index is -0.680. The second-order valence-corrected chi connectivity index (χ2v) is 4.72. The normalized spacial score (nSPS) is 14.0. The lowest BCUT2D eigenvalue weighted by atomic mass is 10.0. The van der Waals surface area contributed by atoms with Gasteiger partial charge in [0.1, 0.15) is 6.10 Å². The van der Waals surface area contributed by atoms with E-state index in [4.69, 9.17) is 0 Å². The maximum absolute atomic E-state index is 10.6. The van der Waals surface area contributed by atoms with Crippen LogP contribution in [0.2, 0.25) is 0 Å². The van der Waals surface area contributed by atoms with Crippen molar-refractivity contribution in [1.82, 2.24) is 0 Å². The highest BCUT2D eigenvalue weighted by Crippen LogP contribution is 2.18. The standard InChI is InChI=1S/C16H16N2O3/c1-12(16(19)14-5-3-2-4-6-14)17-11-13-7-9-15(10-8-13)18(20)21/h2-12,16,19H,1H3/t12-,16-/m1/s1. The van der Waals surface area contributed by atoms with E-state index >= 15 is 0 Å². The first-order valence-electron chi connectivity index (χ1n) is 6.58. The number of nitro groups is 1. The second-order valence-electron chi connectivity index (χ2n) is 4.72. The number of nitro benzene ring substituents is 1. The summed E-state index contributed by atoms with van der Waals surface area (Å²) >= 11 is 0. The molecule has 0 fully saturated rings. The van der Waals surface area contributed by atoms with Gasteiger partial charge in [-0.3, -0.25) is 15.1 Å². The van der Waals surface area contributed by atoms with E-state index in [1.807, 2.05) is 37.3 Å². The lowest BCUT2D eigenvalue weighted by molar-refractivity contribution is -0.384. The summed E-state index contributed by atoms with van der Waals surface area (Å²) in [6.45, 7) is 1.82. The zero-order valence-corrected chi connectivity index (χ0v) is 11.6. The van der Waals surface area contributed by atoms with E-state index in [1.54, 1.807) is 18.3 Å². The van der Waals surface area contributed by atoms with Gasteiger partial charge in [-0.05, 0) is 30.2 Å². The molecule has 0 aliphatic heterocycles. The van der Waals surface area contributed by atoms with Crippen LogP contribution in [0.5, 0.6) is 0 Å². The molecule has 0 heterocycles. The molecule has 0 radical (unpaired) electrons. The highest BCUT2D eigenvalue weighted by atomic mass is 16.6. The minimum absolute atomic E-state index is 0.0459. The van der Waals surface area contributed by atoms with Gasteiger partial charge in [-0.15, -0.1) is 0 Å². The van der Waals surface area contributed by atoms with Crippen LogP contribution >= 0.6 is 0 Å². The molecule has 0 bridgehead atoms. The Kier molecular flexibility index (Phi) is 4.79. The van der Waals surface area contributed by atoms with Crippen LogP contribution in [0.15, 0.2) is 59.6 Å². The van der Waals surface area contributed by atoms with Crippen LogP contribution in [0.1, 0.15) is 24.2 Å². The van der Waals surface area contributed by atoms with Crippen LogP contribution in [0, 0.1) is 10.1 Å². The summed E-state index contributed by atoms with van der Waals surface area (Å²) in [5, 5.41) is 20.7. The van der Waals surface area contributed by atoms with E-state index in [1.165, 1.54) is 12.1 Å². The van der Waals surface area contributed by atoms with Crippen LogP contribution in [0.4, 0.5) is 5.69 Å². The number of aliphatic imine (C=N–C) groups is 1. The Morgan fingerprint density at radius 1 is 1.14 bits per heavy atom. The third-order valence-electron chi connectivity index (χ3n) is 3.16. The zero-order chi connectivity index (χ0) is 15.2. The van der Waals surface area contributed by atoms with Gasteiger partial charge in [0.25, 0.3) is 5.69 Å². The molecule has 2 atom stereocenters. The Labute approximate surface area is 122 Å². The summed E-state index contributed by atoms with van der Waals surface area (Å²) in [6, 6.07) is 15.1. The molecule has 21 heavy (non-hydrogen) atoms. The largest absolute Gasteiger partial charge is 0.386 e. The SMILES string of the molecule is C[C@@H](N=Cc1ccc([N+](=O)[O-])cc1)[C@@H](O)c1ccccc1. The van der Waals surface area contributed by atoms with E-state index in [0.717, 1.165) is 11.1 Å². The average Bonchev–Trinajstić information content (AvgIpc) is 2.53. The molecule has 0 amide bonds. The van der Waals surface area contributed by atoms with Gasteiger partial charge in [-0.1, -0.05) is 30.3 Å². The van der Waals surface area contributed by atoms with Gasteiger partial charge >= 0.3 is 0 Å². The first kappa shape index (κ1) is 14.9. The predicted molar refractivity (Wildman–Crippen MR) is 81.6 cm³/mol.